The Morgan fingerprint density at radius 3 is 2.96 bits per heavy atom. The first-order chi connectivity index (χ1) is 11.7. The van der Waals surface area contributed by atoms with Crippen LogP contribution in [0.4, 0.5) is 0 Å². The number of hydrazone groups is 1. The highest BCUT2D eigenvalue weighted by Gasteiger charge is 2.15. The van der Waals surface area contributed by atoms with Crippen molar-refractivity contribution in [2.45, 2.75) is 6.92 Å². The smallest absolute Gasteiger partial charge is 0.271 e. The molecule has 1 amide bonds. The third-order valence-electron chi connectivity index (χ3n) is 3.30. The number of nitrogens with zero attached hydrogens (tertiary/aromatic N) is 1. The van der Waals surface area contributed by atoms with Crippen molar-refractivity contribution >= 4 is 12.1 Å². The third kappa shape index (κ3) is 3.40. The van der Waals surface area contributed by atoms with Crippen LogP contribution in [0.1, 0.15) is 22.8 Å². The third-order valence-corrected chi connectivity index (χ3v) is 3.30. The second kappa shape index (κ2) is 6.91. The lowest BCUT2D eigenvalue weighted by Crippen LogP contribution is -2.17. The summed E-state index contributed by atoms with van der Waals surface area (Å²) in [5.74, 6) is 1.20. The first kappa shape index (κ1) is 15.7. The first-order valence-electron chi connectivity index (χ1n) is 7.36. The fourth-order valence-electron chi connectivity index (χ4n) is 2.15. The SMILES string of the molecule is CCOc1cc(/C=N\NC(=O)c2ccc3c(c2)OCO3)ccc1O. The molecule has 1 aliphatic heterocycles. The minimum Gasteiger partial charge on any atom is -0.504 e. The predicted molar refractivity (Wildman–Crippen MR) is 86.9 cm³/mol. The number of ether oxygens (including phenoxy) is 3. The molecule has 7 heteroatoms. The van der Waals surface area contributed by atoms with Crippen molar-refractivity contribution in [2.24, 2.45) is 5.10 Å². The van der Waals surface area contributed by atoms with Crippen molar-refractivity contribution in [3.05, 3.63) is 47.5 Å². The van der Waals surface area contributed by atoms with Gasteiger partial charge in [-0.1, -0.05) is 0 Å². The van der Waals surface area contributed by atoms with Crippen molar-refractivity contribution in [3.8, 4) is 23.0 Å². The zero-order valence-corrected chi connectivity index (χ0v) is 13.0. The topological polar surface area (TPSA) is 89.4 Å². The van der Waals surface area contributed by atoms with E-state index in [2.05, 4.69) is 10.5 Å². The molecule has 1 heterocycles. The van der Waals surface area contributed by atoms with Crippen LogP contribution in [0.5, 0.6) is 23.0 Å². The fraction of sp³-hybridized carbons (Fsp3) is 0.176. The van der Waals surface area contributed by atoms with E-state index >= 15 is 0 Å². The summed E-state index contributed by atoms with van der Waals surface area (Å²) in [7, 11) is 0. The van der Waals surface area contributed by atoms with Gasteiger partial charge in [-0.2, -0.15) is 5.10 Å². The Balaban J connectivity index is 1.65. The van der Waals surface area contributed by atoms with E-state index < -0.39 is 0 Å². The number of carbonyl (C=O) groups excluding carboxylic acids is 1. The average Bonchev–Trinajstić information content (AvgIpc) is 3.05. The highest BCUT2D eigenvalue weighted by molar-refractivity contribution is 5.95. The van der Waals surface area contributed by atoms with Crippen LogP contribution in [0.3, 0.4) is 0 Å². The molecule has 0 fully saturated rings. The number of phenolic OH excluding ortho intramolecular Hbond substituents is 1. The normalized spacial score (nSPS) is 12.4. The van der Waals surface area contributed by atoms with Crippen molar-refractivity contribution in [1.82, 2.24) is 5.43 Å². The maximum absolute atomic E-state index is 12.1. The van der Waals surface area contributed by atoms with Crippen LogP contribution in [0, 0.1) is 0 Å². The van der Waals surface area contributed by atoms with Gasteiger partial charge in [-0.15, -0.1) is 0 Å². The molecule has 0 spiro atoms. The van der Waals surface area contributed by atoms with Crippen molar-refractivity contribution < 1.29 is 24.1 Å². The zero-order chi connectivity index (χ0) is 16.9. The second-order valence-electron chi connectivity index (χ2n) is 4.93. The van der Waals surface area contributed by atoms with Crippen LogP contribution in [0.25, 0.3) is 0 Å². The Bertz CT molecular complexity index is 789. The molecule has 0 aromatic heterocycles. The van der Waals surface area contributed by atoms with Gasteiger partial charge in [-0.05, 0) is 48.9 Å². The summed E-state index contributed by atoms with van der Waals surface area (Å²) in [6.07, 6.45) is 1.47. The van der Waals surface area contributed by atoms with Gasteiger partial charge in [0.15, 0.2) is 23.0 Å². The maximum Gasteiger partial charge on any atom is 0.271 e. The number of rotatable bonds is 5. The molecule has 0 radical (unpaired) electrons. The van der Waals surface area contributed by atoms with E-state index in [4.69, 9.17) is 14.2 Å². The van der Waals surface area contributed by atoms with Gasteiger partial charge < -0.3 is 19.3 Å². The summed E-state index contributed by atoms with van der Waals surface area (Å²) < 4.78 is 15.7. The highest BCUT2D eigenvalue weighted by atomic mass is 16.7. The van der Waals surface area contributed by atoms with E-state index in [1.54, 1.807) is 30.3 Å². The molecule has 0 saturated carbocycles. The molecule has 124 valence electrons. The van der Waals surface area contributed by atoms with E-state index in [1.807, 2.05) is 6.92 Å². The van der Waals surface area contributed by atoms with E-state index in [-0.39, 0.29) is 18.4 Å². The molecule has 7 nitrogen and oxygen atoms in total. The minimum atomic E-state index is -0.367. The number of hydrogen-bond donors (Lipinski definition) is 2. The molecule has 24 heavy (non-hydrogen) atoms. The minimum absolute atomic E-state index is 0.0541. The van der Waals surface area contributed by atoms with Gasteiger partial charge in [0.2, 0.25) is 6.79 Å². The molecule has 2 aromatic carbocycles. The lowest BCUT2D eigenvalue weighted by Gasteiger charge is -2.06. The Labute approximate surface area is 138 Å². The van der Waals surface area contributed by atoms with Gasteiger partial charge in [0.05, 0.1) is 12.8 Å². The van der Waals surface area contributed by atoms with Crippen LogP contribution in [0.15, 0.2) is 41.5 Å². The first-order valence-corrected chi connectivity index (χ1v) is 7.36. The van der Waals surface area contributed by atoms with E-state index in [9.17, 15) is 9.90 Å². The molecule has 0 saturated heterocycles. The molecular formula is C17H16N2O5. The lowest BCUT2D eigenvalue weighted by atomic mass is 10.2. The number of aromatic hydroxyl groups is 1. The van der Waals surface area contributed by atoms with Crippen LogP contribution >= 0.6 is 0 Å². The van der Waals surface area contributed by atoms with Crippen LogP contribution < -0.4 is 19.6 Å². The number of hydrogen-bond acceptors (Lipinski definition) is 6. The number of benzene rings is 2. The monoisotopic (exact) mass is 328 g/mol. The quantitative estimate of drug-likeness (QED) is 0.649. The summed E-state index contributed by atoms with van der Waals surface area (Å²) >= 11 is 0. The number of fused-ring (bicyclic) bond motifs is 1. The van der Waals surface area contributed by atoms with Gasteiger partial charge in [0.25, 0.3) is 5.91 Å². The van der Waals surface area contributed by atoms with Gasteiger partial charge in [-0.3, -0.25) is 4.79 Å². The number of nitrogens with one attached hydrogen (secondary N) is 1. The Kier molecular flexibility index (Phi) is 4.51. The standard InChI is InChI=1S/C17H16N2O5/c1-2-22-15-7-11(3-5-13(15)20)9-18-19-17(21)12-4-6-14-16(8-12)24-10-23-14/h3-9,20H,2,10H2,1H3,(H,19,21)/b18-9-. The van der Waals surface area contributed by atoms with Gasteiger partial charge in [0.1, 0.15) is 0 Å². The summed E-state index contributed by atoms with van der Waals surface area (Å²) in [5, 5.41) is 13.6. The van der Waals surface area contributed by atoms with E-state index in [0.717, 1.165) is 0 Å². The molecule has 3 rings (SSSR count). The maximum atomic E-state index is 12.1. The fourth-order valence-corrected chi connectivity index (χ4v) is 2.15. The van der Waals surface area contributed by atoms with Gasteiger partial charge in [0, 0.05) is 5.56 Å². The Morgan fingerprint density at radius 2 is 2.12 bits per heavy atom. The molecule has 1 aliphatic rings. The predicted octanol–water partition coefficient (Wildman–Crippen LogP) is 2.28. The average molecular weight is 328 g/mol. The second-order valence-corrected chi connectivity index (χ2v) is 4.93. The van der Waals surface area contributed by atoms with Gasteiger partial charge >= 0.3 is 0 Å². The van der Waals surface area contributed by atoms with Crippen molar-refractivity contribution in [1.29, 1.82) is 0 Å². The van der Waals surface area contributed by atoms with E-state index in [1.165, 1.54) is 12.3 Å². The molecule has 0 unspecified atom stereocenters. The van der Waals surface area contributed by atoms with Crippen LogP contribution in [0.2, 0.25) is 0 Å². The summed E-state index contributed by atoms with van der Waals surface area (Å²) in [6, 6.07) is 9.71. The summed E-state index contributed by atoms with van der Waals surface area (Å²) in [6.45, 7) is 2.42. The Hall–Kier alpha value is -3.22. The summed E-state index contributed by atoms with van der Waals surface area (Å²) in [5.41, 5.74) is 3.53. The Morgan fingerprint density at radius 1 is 1.29 bits per heavy atom. The molecule has 0 atom stereocenters. The molecule has 0 bridgehead atoms. The van der Waals surface area contributed by atoms with Crippen molar-refractivity contribution in [3.63, 3.8) is 0 Å². The lowest BCUT2D eigenvalue weighted by molar-refractivity contribution is 0.0954. The van der Waals surface area contributed by atoms with Crippen molar-refractivity contribution in [2.75, 3.05) is 13.4 Å². The molecule has 2 aromatic rings. The summed E-state index contributed by atoms with van der Waals surface area (Å²) in [4.78, 5) is 12.1. The number of carbonyl (C=O) groups is 1. The molecular weight excluding hydrogens is 312 g/mol. The zero-order valence-electron chi connectivity index (χ0n) is 13.0. The van der Waals surface area contributed by atoms with Crippen LogP contribution in [-0.4, -0.2) is 30.6 Å². The number of phenols is 1. The van der Waals surface area contributed by atoms with Gasteiger partial charge in [-0.25, -0.2) is 5.43 Å². The molecule has 2 N–H and O–H groups in total. The van der Waals surface area contributed by atoms with E-state index in [0.29, 0.717) is 35.0 Å². The molecule has 0 aliphatic carbocycles. The highest BCUT2D eigenvalue weighted by Crippen LogP contribution is 2.32. The van der Waals surface area contributed by atoms with Crippen LogP contribution in [-0.2, 0) is 0 Å². The largest absolute Gasteiger partial charge is 0.504 e. The number of amides is 1.